The molecule has 2 heterocycles. The molecule has 0 spiro atoms. The van der Waals surface area contributed by atoms with Crippen LogP contribution in [-0.4, -0.2) is 21.9 Å². The second-order valence-electron chi connectivity index (χ2n) is 6.93. The van der Waals surface area contributed by atoms with Crippen LogP contribution in [0.25, 0.3) is 10.9 Å². The van der Waals surface area contributed by atoms with Gasteiger partial charge in [0.1, 0.15) is 0 Å². The van der Waals surface area contributed by atoms with E-state index in [1.807, 2.05) is 11.0 Å². The zero-order valence-corrected chi connectivity index (χ0v) is 14.5. The highest BCUT2D eigenvalue weighted by molar-refractivity contribution is 5.99. The number of carbonyl (C=O) groups excluding carboxylic acids is 1. The van der Waals surface area contributed by atoms with Crippen LogP contribution in [0.4, 0.5) is 0 Å². The first-order valence-electron chi connectivity index (χ1n) is 8.82. The van der Waals surface area contributed by atoms with E-state index < -0.39 is 0 Å². The number of amides is 1. The van der Waals surface area contributed by atoms with E-state index in [9.17, 15) is 4.79 Å². The molecule has 1 unspecified atom stereocenters. The van der Waals surface area contributed by atoms with Gasteiger partial charge in [-0.15, -0.1) is 6.58 Å². The Labute approximate surface area is 143 Å². The van der Waals surface area contributed by atoms with E-state index in [4.69, 9.17) is 0 Å². The smallest absolute Gasteiger partial charge is 0.250 e. The molecule has 1 aliphatic heterocycles. The quantitative estimate of drug-likeness (QED) is 0.768. The maximum atomic E-state index is 13.0. The summed E-state index contributed by atoms with van der Waals surface area (Å²) >= 11 is 0. The molecule has 3 nitrogen and oxygen atoms in total. The lowest BCUT2D eigenvalue weighted by atomic mass is 9.87. The third kappa shape index (κ3) is 2.00. The van der Waals surface area contributed by atoms with Crippen LogP contribution >= 0.6 is 0 Å². The van der Waals surface area contributed by atoms with Gasteiger partial charge in [-0.05, 0) is 44.2 Å². The molecule has 2 aromatic rings. The van der Waals surface area contributed by atoms with Crippen molar-refractivity contribution in [2.75, 3.05) is 6.54 Å². The minimum atomic E-state index is 0.0805. The summed E-state index contributed by atoms with van der Waals surface area (Å²) in [4.78, 5) is 15.0. The van der Waals surface area contributed by atoms with E-state index in [2.05, 4.69) is 49.4 Å². The maximum Gasteiger partial charge on any atom is 0.250 e. The van der Waals surface area contributed by atoms with Gasteiger partial charge in [-0.3, -0.25) is 4.79 Å². The molecule has 2 aliphatic rings. The number of benzene rings is 1. The van der Waals surface area contributed by atoms with Gasteiger partial charge < -0.3 is 9.47 Å². The lowest BCUT2D eigenvalue weighted by Gasteiger charge is -2.27. The summed E-state index contributed by atoms with van der Waals surface area (Å²) < 4.78 is 2.25. The fourth-order valence-electron chi connectivity index (χ4n) is 4.51. The second kappa shape index (κ2) is 5.66. The average Bonchev–Trinajstić information content (AvgIpc) is 3.02. The first-order valence-corrected chi connectivity index (χ1v) is 8.82. The van der Waals surface area contributed by atoms with Crippen molar-refractivity contribution in [3.05, 3.63) is 59.3 Å². The summed E-state index contributed by atoms with van der Waals surface area (Å²) in [7, 11) is 2.12. The molecule has 1 aliphatic carbocycles. The Morgan fingerprint density at radius 1 is 1.25 bits per heavy atom. The Kier molecular flexibility index (Phi) is 3.60. The fraction of sp³-hybridized carbons (Fsp3) is 0.381. The van der Waals surface area contributed by atoms with Crippen molar-refractivity contribution in [1.29, 1.82) is 0 Å². The molecule has 0 N–H and O–H groups in total. The summed E-state index contributed by atoms with van der Waals surface area (Å²) in [5, 5.41) is 1.27. The van der Waals surface area contributed by atoms with Crippen LogP contribution in [0.15, 0.2) is 48.1 Å². The molecule has 0 bridgehead atoms. The lowest BCUT2D eigenvalue weighted by Crippen LogP contribution is -2.30. The fourth-order valence-corrected chi connectivity index (χ4v) is 4.51. The largest absolute Gasteiger partial charge is 0.348 e. The normalized spacial score (nSPS) is 20.8. The van der Waals surface area contributed by atoms with Gasteiger partial charge in [0.25, 0.3) is 5.91 Å². The van der Waals surface area contributed by atoms with Crippen LogP contribution < -0.4 is 0 Å². The SMILES string of the molecule is C=CCN1C(=O)C2=C(CCCC2)C1c1c(C)n(C)c2ccccc12. The van der Waals surface area contributed by atoms with Crippen molar-refractivity contribution in [2.24, 2.45) is 7.05 Å². The molecule has 1 atom stereocenters. The first kappa shape index (κ1) is 15.3. The Balaban J connectivity index is 1.96. The van der Waals surface area contributed by atoms with E-state index in [-0.39, 0.29) is 11.9 Å². The molecule has 1 amide bonds. The van der Waals surface area contributed by atoms with Gasteiger partial charge in [0, 0.05) is 41.3 Å². The minimum absolute atomic E-state index is 0.0805. The van der Waals surface area contributed by atoms with Crippen molar-refractivity contribution in [1.82, 2.24) is 9.47 Å². The number of para-hydroxylation sites is 1. The summed E-state index contributed by atoms with van der Waals surface area (Å²) in [5.41, 5.74) is 6.21. The molecular weight excluding hydrogens is 296 g/mol. The van der Waals surface area contributed by atoms with Crippen molar-refractivity contribution >= 4 is 16.8 Å². The number of nitrogens with zero attached hydrogens (tertiary/aromatic N) is 2. The Morgan fingerprint density at radius 2 is 2.00 bits per heavy atom. The van der Waals surface area contributed by atoms with E-state index in [1.165, 1.54) is 34.2 Å². The van der Waals surface area contributed by atoms with E-state index in [1.54, 1.807) is 0 Å². The Hall–Kier alpha value is -2.29. The van der Waals surface area contributed by atoms with Crippen LogP contribution in [0.3, 0.4) is 0 Å². The van der Waals surface area contributed by atoms with Crippen LogP contribution in [0.2, 0.25) is 0 Å². The van der Waals surface area contributed by atoms with Crippen LogP contribution in [0, 0.1) is 6.92 Å². The van der Waals surface area contributed by atoms with Gasteiger partial charge in [0.2, 0.25) is 0 Å². The van der Waals surface area contributed by atoms with Crippen molar-refractivity contribution in [3.63, 3.8) is 0 Å². The predicted octanol–water partition coefficient (Wildman–Crippen LogP) is 4.43. The summed E-state index contributed by atoms with van der Waals surface area (Å²) in [6, 6.07) is 8.61. The zero-order chi connectivity index (χ0) is 16.8. The Morgan fingerprint density at radius 3 is 2.79 bits per heavy atom. The molecule has 0 saturated carbocycles. The number of aryl methyl sites for hydroxylation is 1. The average molecular weight is 320 g/mol. The number of hydrogen-bond donors (Lipinski definition) is 0. The van der Waals surface area contributed by atoms with Gasteiger partial charge in [-0.25, -0.2) is 0 Å². The number of hydrogen-bond acceptors (Lipinski definition) is 1. The number of rotatable bonds is 3. The molecule has 124 valence electrons. The van der Waals surface area contributed by atoms with E-state index in [0.717, 1.165) is 24.8 Å². The number of fused-ring (bicyclic) bond motifs is 1. The second-order valence-corrected chi connectivity index (χ2v) is 6.93. The standard InChI is InChI=1S/C21H24N2O/c1-4-13-23-20(15-9-5-6-10-16(15)21(23)24)19-14(2)22(3)18-12-8-7-11-17(18)19/h4,7-8,11-12,20H,1,5-6,9-10,13H2,2-3H3. The molecule has 0 saturated heterocycles. The van der Waals surface area contributed by atoms with Gasteiger partial charge in [0.05, 0.1) is 6.04 Å². The number of aromatic nitrogens is 1. The topological polar surface area (TPSA) is 25.2 Å². The van der Waals surface area contributed by atoms with E-state index >= 15 is 0 Å². The first-order chi connectivity index (χ1) is 11.6. The van der Waals surface area contributed by atoms with Crippen LogP contribution in [-0.2, 0) is 11.8 Å². The molecule has 1 aromatic carbocycles. The molecule has 0 fully saturated rings. The van der Waals surface area contributed by atoms with Gasteiger partial charge in [-0.1, -0.05) is 24.3 Å². The summed E-state index contributed by atoms with van der Waals surface area (Å²) in [6.07, 6.45) is 6.15. The molecule has 0 radical (unpaired) electrons. The maximum absolute atomic E-state index is 13.0. The van der Waals surface area contributed by atoms with Gasteiger partial charge in [0.15, 0.2) is 0 Å². The van der Waals surface area contributed by atoms with Crippen LogP contribution in [0.5, 0.6) is 0 Å². The molecule has 24 heavy (non-hydrogen) atoms. The van der Waals surface area contributed by atoms with Crippen molar-refractivity contribution in [2.45, 2.75) is 38.6 Å². The summed E-state index contributed by atoms with van der Waals surface area (Å²) in [5.74, 6) is 0.224. The Bertz CT molecular complexity index is 871. The summed E-state index contributed by atoms with van der Waals surface area (Å²) in [6.45, 7) is 6.66. The number of carbonyl (C=O) groups is 1. The third-order valence-electron chi connectivity index (χ3n) is 5.72. The molecule has 4 rings (SSSR count). The molecule has 3 heteroatoms. The third-order valence-corrected chi connectivity index (χ3v) is 5.72. The molecular formula is C21H24N2O. The van der Waals surface area contributed by atoms with Crippen molar-refractivity contribution < 1.29 is 4.79 Å². The highest BCUT2D eigenvalue weighted by Gasteiger charge is 2.41. The van der Waals surface area contributed by atoms with E-state index in [0.29, 0.717) is 6.54 Å². The minimum Gasteiger partial charge on any atom is -0.348 e. The highest BCUT2D eigenvalue weighted by Crippen LogP contribution is 2.47. The highest BCUT2D eigenvalue weighted by atomic mass is 16.2. The zero-order valence-electron chi connectivity index (χ0n) is 14.5. The van der Waals surface area contributed by atoms with Gasteiger partial charge in [-0.2, -0.15) is 0 Å². The van der Waals surface area contributed by atoms with Gasteiger partial charge >= 0.3 is 0 Å². The van der Waals surface area contributed by atoms with Crippen LogP contribution in [0.1, 0.15) is 43.0 Å². The monoisotopic (exact) mass is 320 g/mol. The van der Waals surface area contributed by atoms with Crippen molar-refractivity contribution in [3.8, 4) is 0 Å². The lowest BCUT2D eigenvalue weighted by molar-refractivity contribution is -0.126. The predicted molar refractivity (Wildman–Crippen MR) is 97.8 cm³/mol. The molecule has 1 aromatic heterocycles.